The fourth-order valence-corrected chi connectivity index (χ4v) is 2.35. The fraction of sp³-hybridized carbons (Fsp3) is 0.571. The van der Waals surface area contributed by atoms with Gasteiger partial charge in [-0.05, 0) is 38.1 Å². The van der Waals surface area contributed by atoms with Gasteiger partial charge < -0.3 is 15.0 Å². The van der Waals surface area contributed by atoms with Crippen LogP contribution in [0.15, 0.2) is 18.2 Å². The molecule has 0 aromatic heterocycles. The number of hydrogen-bond acceptors (Lipinski definition) is 3. The first-order valence-electron chi connectivity index (χ1n) is 6.29. The Kier molecular flexibility index (Phi) is 4.02. The van der Waals surface area contributed by atoms with E-state index < -0.39 is 0 Å². The van der Waals surface area contributed by atoms with Crippen molar-refractivity contribution in [3.8, 4) is 0 Å². The molecular formula is C14H22N2O. The number of nitrogens with zero attached hydrogens (tertiary/aromatic N) is 1. The summed E-state index contributed by atoms with van der Waals surface area (Å²) in [5, 5.41) is 3.18. The van der Waals surface area contributed by atoms with Crippen molar-refractivity contribution in [3.05, 3.63) is 29.3 Å². The molecule has 3 nitrogen and oxygen atoms in total. The number of morpholine rings is 1. The van der Waals surface area contributed by atoms with E-state index in [0.29, 0.717) is 6.10 Å². The van der Waals surface area contributed by atoms with Gasteiger partial charge >= 0.3 is 0 Å². The summed E-state index contributed by atoms with van der Waals surface area (Å²) in [6.07, 6.45) is 0.300. The molecule has 0 aliphatic carbocycles. The molecule has 0 bridgehead atoms. The summed E-state index contributed by atoms with van der Waals surface area (Å²) in [5.74, 6) is 0. The van der Waals surface area contributed by atoms with Crippen LogP contribution in [0.5, 0.6) is 0 Å². The molecule has 0 amide bonds. The van der Waals surface area contributed by atoms with Gasteiger partial charge in [-0.15, -0.1) is 0 Å². The van der Waals surface area contributed by atoms with Gasteiger partial charge in [0.15, 0.2) is 0 Å². The SMILES string of the molecule is CNCC1CN(c2cc(C)ccc2C)CCO1. The van der Waals surface area contributed by atoms with Crippen molar-refractivity contribution >= 4 is 5.69 Å². The molecule has 1 aliphatic rings. The zero-order valence-corrected chi connectivity index (χ0v) is 11.0. The second kappa shape index (κ2) is 5.52. The summed E-state index contributed by atoms with van der Waals surface area (Å²) in [4.78, 5) is 2.44. The second-order valence-corrected chi connectivity index (χ2v) is 4.79. The first kappa shape index (κ1) is 12.4. The van der Waals surface area contributed by atoms with E-state index in [1.54, 1.807) is 0 Å². The van der Waals surface area contributed by atoms with Crippen LogP contribution in [0.2, 0.25) is 0 Å². The monoisotopic (exact) mass is 234 g/mol. The van der Waals surface area contributed by atoms with Gasteiger partial charge in [0.2, 0.25) is 0 Å². The number of aryl methyl sites for hydroxylation is 2. The lowest BCUT2D eigenvalue weighted by atomic mass is 10.1. The lowest BCUT2D eigenvalue weighted by Gasteiger charge is -2.35. The number of rotatable bonds is 3. The molecule has 1 fully saturated rings. The Morgan fingerprint density at radius 3 is 3.00 bits per heavy atom. The van der Waals surface area contributed by atoms with Crippen molar-refractivity contribution < 1.29 is 4.74 Å². The summed E-state index contributed by atoms with van der Waals surface area (Å²) < 4.78 is 5.74. The number of nitrogens with one attached hydrogen (secondary N) is 1. The zero-order chi connectivity index (χ0) is 12.3. The summed E-state index contributed by atoms with van der Waals surface area (Å²) in [5.41, 5.74) is 4.03. The predicted octanol–water partition coefficient (Wildman–Crippen LogP) is 1.73. The van der Waals surface area contributed by atoms with Crippen molar-refractivity contribution in [2.75, 3.05) is 38.2 Å². The molecule has 0 saturated carbocycles. The Balaban J connectivity index is 2.13. The van der Waals surface area contributed by atoms with E-state index in [2.05, 4.69) is 42.3 Å². The standard InChI is InChI=1S/C14H22N2O/c1-11-4-5-12(2)14(8-11)16-6-7-17-13(10-16)9-15-3/h4-5,8,13,15H,6-7,9-10H2,1-3H3. The minimum atomic E-state index is 0.300. The highest BCUT2D eigenvalue weighted by molar-refractivity contribution is 5.55. The van der Waals surface area contributed by atoms with Crippen LogP contribution in [0, 0.1) is 13.8 Å². The van der Waals surface area contributed by atoms with Crippen LogP contribution in [0.1, 0.15) is 11.1 Å². The highest BCUT2D eigenvalue weighted by atomic mass is 16.5. The topological polar surface area (TPSA) is 24.5 Å². The molecule has 0 spiro atoms. The van der Waals surface area contributed by atoms with Crippen LogP contribution >= 0.6 is 0 Å². The predicted molar refractivity (Wildman–Crippen MR) is 71.8 cm³/mol. The third-order valence-corrected chi connectivity index (χ3v) is 3.28. The smallest absolute Gasteiger partial charge is 0.0874 e. The van der Waals surface area contributed by atoms with E-state index in [0.717, 1.165) is 26.2 Å². The molecule has 1 N–H and O–H groups in total. The van der Waals surface area contributed by atoms with Gasteiger partial charge in [-0.1, -0.05) is 12.1 Å². The van der Waals surface area contributed by atoms with Gasteiger partial charge in [0.25, 0.3) is 0 Å². The van der Waals surface area contributed by atoms with E-state index in [1.807, 2.05) is 7.05 Å². The summed E-state index contributed by atoms with van der Waals surface area (Å²) in [6.45, 7) is 8.03. The molecule has 2 rings (SSSR count). The van der Waals surface area contributed by atoms with Gasteiger partial charge in [0, 0.05) is 25.3 Å². The Labute approximate surface area is 104 Å². The molecule has 17 heavy (non-hydrogen) atoms. The van der Waals surface area contributed by atoms with Gasteiger partial charge in [0.05, 0.1) is 12.7 Å². The van der Waals surface area contributed by atoms with Crippen molar-refractivity contribution in [3.63, 3.8) is 0 Å². The van der Waals surface area contributed by atoms with Crippen molar-refractivity contribution in [2.24, 2.45) is 0 Å². The van der Waals surface area contributed by atoms with Gasteiger partial charge in [0.1, 0.15) is 0 Å². The average Bonchev–Trinajstić information content (AvgIpc) is 2.33. The van der Waals surface area contributed by atoms with E-state index in [4.69, 9.17) is 4.74 Å². The largest absolute Gasteiger partial charge is 0.373 e. The molecule has 0 radical (unpaired) electrons. The molecule has 1 saturated heterocycles. The Morgan fingerprint density at radius 2 is 2.24 bits per heavy atom. The first-order chi connectivity index (χ1) is 8.20. The molecule has 1 aromatic rings. The molecule has 1 aliphatic heterocycles. The second-order valence-electron chi connectivity index (χ2n) is 4.79. The quantitative estimate of drug-likeness (QED) is 0.862. The van der Waals surface area contributed by atoms with Crippen molar-refractivity contribution in [1.29, 1.82) is 0 Å². The average molecular weight is 234 g/mol. The lowest BCUT2D eigenvalue weighted by molar-refractivity contribution is 0.0421. The molecule has 1 heterocycles. The van der Waals surface area contributed by atoms with Crippen LogP contribution in [0.4, 0.5) is 5.69 Å². The van der Waals surface area contributed by atoms with E-state index in [1.165, 1.54) is 16.8 Å². The summed E-state index contributed by atoms with van der Waals surface area (Å²) in [6, 6.07) is 6.65. The van der Waals surface area contributed by atoms with Crippen molar-refractivity contribution in [2.45, 2.75) is 20.0 Å². The van der Waals surface area contributed by atoms with E-state index >= 15 is 0 Å². The third kappa shape index (κ3) is 2.99. The number of anilines is 1. The molecule has 1 atom stereocenters. The number of benzene rings is 1. The van der Waals surface area contributed by atoms with E-state index in [9.17, 15) is 0 Å². The van der Waals surface area contributed by atoms with Gasteiger partial charge in [-0.2, -0.15) is 0 Å². The minimum absolute atomic E-state index is 0.300. The zero-order valence-electron chi connectivity index (χ0n) is 11.0. The maximum atomic E-state index is 5.74. The molecule has 1 unspecified atom stereocenters. The molecule has 1 aromatic carbocycles. The normalized spacial score (nSPS) is 20.6. The first-order valence-corrected chi connectivity index (χ1v) is 6.29. The lowest BCUT2D eigenvalue weighted by Crippen LogP contribution is -2.46. The van der Waals surface area contributed by atoms with Gasteiger partial charge in [-0.3, -0.25) is 0 Å². The van der Waals surface area contributed by atoms with Gasteiger partial charge in [-0.25, -0.2) is 0 Å². The number of likely N-dealkylation sites (N-methyl/N-ethyl adjacent to an activating group) is 1. The van der Waals surface area contributed by atoms with Crippen LogP contribution in [0.25, 0.3) is 0 Å². The van der Waals surface area contributed by atoms with Crippen LogP contribution in [0.3, 0.4) is 0 Å². The van der Waals surface area contributed by atoms with Crippen LogP contribution < -0.4 is 10.2 Å². The van der Waals surface area contributed by atoms with E-state index in [-0.39, 0.29) is 0 Å². The maximum Gasteiger partial charge on any atom is 0.0874 e. The third-order valence-electron chi connectivity index (χ3n) is 3.28. The molecule has 3 heteroatoms. The number of hydrogen-bond donors (Lipinski definition) is 1. The minimum Gasteiger partial charge on any atom is -0.373 e. The summed E-state index contributed by atoms with van der Waals surface area (Å²) in [7, 11) is 1.97. The summed E-state index contributed by atoms with van der Waals surface area (Å²) >= 11 is 0. The van der Waals surface area contributed by atoms with Crippen LogP contribution in [-0.4, -0.2) is 39.4 Å². The maximum absolute atomic E-state index is 5.74. The number of ether oxygens (including phenoxy) is 1. The highest BCUT2D eigenvalue weighted by Gasteiger charge is 2.20. The van der Waals surface area contributed by atoms with Crippen molar-refractivity contribution in [1.82, 2.24) is 5.32 Å². The Morgan fingerprint density at radius 1 is 1.41 bits per heavy atom. The van der Waals surface area contributed by atoms with Crippen LogP contribution in [-0.2, 0) is 4.74 Å². The highest BCUT2D eigenvalue weighted by Crippen LogP contribution is 2.23. The fourth-order valence-electron chi connectivity index (χ4n) is 2.35. The Bertz CT molecular complexity index is 376. The Hall–Kier alpha value is -1.06. The molecular weight excluding hydrogens is 212 g/mol. The molecule has 94 valence electrons.